The van der Waals surface area contributed by atoms with Gasteiger partial charge >= 0.3 is 11.9 Å². The zero-order valence-electron chi connectivity index (χ0n) is 11.1. The summed E-state index contributed by atoms with van der Waals surface area (Å²) in [6.07, 6.45) is -4.69. The van der Waals surface area contributed by atoms with Crippen LogP contribution in [0.1, 0.15) is 37.2 Å². The lowest BCUT2D eigenvalue weighted by molar-refractivity contribution is -0.180. The molecule has 0 heterocycles. The predicted octanol–water partition coefficient (Wildman–Crippen LogP) is 0.630. The Balaban J connectivity index is 2.45. The van der Waals surface area contributed by atoms with Gasteiger partial charge in [-0.15, -0.1) is 0 Å². The van der Waals surface area contributed by atoms with Gasteiger partial charge in [0.15, 0.2) is 12.2 Å². The second kappa shape index (κ2) is 5.60. The van der Waals surface area contributed by atoms with Crippen molar-refractivity contribution in [3.8, 4) is 0 Å². The smallest absolute Gasteiger partial charge is 0.303 e. The minimum atomic E-state index is -1.36. The third kappa shape index (κ3) is 2.66. The third-order valence-corrected chi connectivity index (χ3v) is 3.17. The molecule has 0 unspecified atom stereocenters. The summed E-state index contributed by atoms with van der Waals surface area (Å²) in [6, 6.07) is 6.75. The molecule has 1 aliphatic carbocycles. The van der Waals surface area contributed by atoms with Crippen molar-refractivity contribution in [1.29, 1.82) is 0 Å². The maximum Gasteiger partial charge on any atom is 0.303 e. The van der Waals surface area contributed by atoms with Gasteiger partial charge in [-0.05, 0) is 0 Å². The van der Waals surface area contributed by atoms with Crippen LogP contribution in [0, 0.1) is 0 Å². The molecule has 0 spiro atoms. The highest BCUT2D eigenvalue weighted by Gasteiger charge is 2.44. The van der Waals surface area contributed by atoms with E-state index >= 15 is 0 Å². The highest BCUT2D eigenvalue weighted by molar-refractivity contribution is 5.67. The summed E-state index contributed by atoms with van der Waals surface area (Å²) in [5.41, 5.74) is 1.04. The first-order valence-corrected chi connectivity index (χ1v) is 6.21. The molecular formula is C14H16O6. The van der Waals surface area contributed by atoms with Crippen molar-refractivity contribution in [2.75, 3.05) is 0 Å². The van der Waals surface area contributed by atoms with Gasteiger partial charge in [0.25, 0.3) is 0 Å². The van der Waals surface area contributed by atoms with Gasteiger partial charge in [-0.25, -0.2) is 0 Å². The van der Waals surface area contributed by atoms with Gasteiger partial charge in [-0.1, -0.05) is 24.3 Å². The van der Waals surface area contributed by atoms with E-state index in [9.17, 15) is 19.8 Å². The first kappa shape index (κ1) is 14.5. The topological polar surface area (TPSA) is 93.1 Å². The molecule has 2 rings (SSSR count). The number of esters is 2. The first-order valence-electron chi connectivity index (χ1n) is 6.21. The lowest BCUT2D eigenvalue weighted by atomic mass is 9.83. The van der Waals surface area contributed by atoms with E-state index in [1.807, 2.05) is 0 Å². The summed E-state index contributed by atoms with van der Waals surface area (Å²) < 4.78 is 10.1. The summed E-state index contributed by atoms with van der Waals surface area (Å²) in [4.78, 5) is 22.3. The van der Waals surface area contributed by atoms with Crippen molar-refractivity contribution in [2.24, 2.45) is 0 Å². The van der Waals surface area contributed by atoms with Gasteiger partial charge < -0.3 is 19.7 Å². The van der Waals surface area contributed by atoms with Gasteiger partial charge in [0.05, 0.1) is 0 Å². The number of fused-ring (bicyclic) bond motifs is 1. The fourth-order valence-corrected chi connectivity index (χ4v) is 2.38. The molecule has 0 radical (unpaired) electrons. The van der Waals surface area contributed by atoms with E-state index in [0.29, 0.717) is 11.1 Å². The van der Waals surface area contributed by atoms with Crippen LogP contribution in [0.15, 0.2) is 24.3 Å². The number of hydrogen-bond acceptors (Lipinski definition) is 6. The summed E-state index contributed by atoms with van der Waals surface area (Å²) in [5.74, 6) is -1.14. The number of benzene rings is 1. The molecule has 0 bridgehead atoms. The van der Waals surface area contributed by atoms with Gasteiger partial charge in [-0.2, -0.15) is 0 Å². The lowest BCUT2D eigenvalue weighted by Gasteiger charge is -2.37. The van der Waals surface area contributed by atoms with Crippen molar-refractivity contribution in [3.05, 3.63) is 35.4 Å². The third-order valence-electron chi connectivity index (χ3n) is 3.17. The highest BCUT2D eigenvalue weighted by Crippen LogP contribution is 2.40. The molecule has 1 aromatic carbocycles. The van der Waals surface area contributed by atoms with E-state index in [0.717, 1.165) is 0 Å². The van der Waals surface area contributed by atoms with Crippen LogP contribution in [-0.4, -0.2) is 34.4 Å². The summed E-state index contributed by atoms with van der Waals surface area (Å²) in [7, 11) is 0. The fraction of sp³-hybridized carbons (Fsp3) is 0.429. The second-order valence-corrected chi connectivity index (χ2v) is 4.67. The lowest BCUT2D eigenvalue weighted by Crippen LogP contribution is -2.44. The SMILES string of the molecule is CC(=O)O[C@H]1c2ccccc2[C@H](OC(C)=O)[C@@H](O)[C@@H]1O. The predicted molar refractivity (Wildman–Crippen MR) is 67.5 cm³/mol. The Hall–Kier alpha value is -1.92. The van der Waals surface area contributed by atoms with E-state index < -0.39 is 36.4 Å². The van der Waals surface area contributed by atoms with Crippen molar-refractivity contribution in [1.82, 2.24) is 0 Å². The molecule has 0 saturated heterocycles. The van der Waals surface area contributed by atoms with Gasteiger partial charge in [-0.3, -0.25) is 9.59 Å². The molecule has 4 atom stereocenters. The molecule has 0 aromatic heterocycles. The van der Waals surface area contributed by atoms with Gasteiger partial charge in [0.2, 0.25) is 0 Å². The van der Waals surface area contributed by atoms with Crippen molar-refractivity contribution in [2.45, 2.75) is 38.3 Å². The van der Waals surface area contributed by atoms with E-state index in [-0.39, 0.29) is 0 Å². The Morgan fingerprint density at radius 2 is 1.25 bits per heavy atom. The van der Waals surface area contributed by atoms with Crippen molar-refractivity contribution < 1.29 is 29.3 Å². The molecule has 0 saturated carbocycles. The van der Waals surface area contributed by atoms with Crippen LogP contribution in [0.4, 0.5) is 0 Å². The van der Waals surface area contributed by atoms with Gasteiger partial charge in [0, 0.05) is 25.0 Å². The van der Waals surface area contributed by atoms with Gasteiger partial charge in [0.1, 0.15) is 12.2 Å². The summed E-state index contributed by atoms with van der Waals surface area (Å²) in [5, 5.41) is 20.2. The van der Waals surface area contributed by atoms with E-state index in [1.54, 1.807) is 24.3 Å². The van der Waals surface area contributed by atoms with E-state index in [1.165, 1.54) is 13.8 Å². The minimum absolute atomic E-state index is 0.520. The quantitative estimate of drug-likeness (QED) is 0.772. The zero-order valence-corrected chi connectivity index (χ0v) is 11.1. The fourth-order valence-electron chi connectivity index (χ4n) is 2.38. The molecule has 108 valence electrons. The Bertz CT molecular complexity index is 479. The van der Waals surface area contributed by atoms with E-state index in [2.05, 4.69) is 0 Å². The van der Waals surface area contributed by atoms with Crippen LogP contribution in [0.5, 0.6) is 0 Å². The number of hydrogen-bond donors (Lipinski definition) is 2. The summed E-state index contributed by atoms with van der Waals surface area (Å²) in [6.45, 7) is 2.44. The molecule has 0 fully saturated rings. The van der Waals surface area contributed by atoms with Crippen molar-refractivity contribution >= 4 is 11.9 Å². The number of carbonyl (C=O) groups excluding carboxylic acids is 2. The monoisotopic (exact) mass is 280 g/mol. The van der Waals surface area contributed by atoms with Crippen molar-refractivity contribution in [3.63, 3.8) is 0 Å². The zero-order chi connectivity index (χ0) is 14.9. The number of ether oxygens (including phenoxy) is 2. The largest absolute Gasteiger partial charge is 0.455 e. The molecule has 1 aromatic rings. The normalized spacial score (nSPS) is 28.4. The van der Waals surface area contributed by atoms with Crippen LogP contribution in [-0.2, 0) is 19.1 Å². The molecule has 0 aliphatic heterocycles. The van der Waals surface area contributed by atoms with Crippen LogP contribution < -0.4 is 0 Å². The van der Waals surface area contributed by atoms with Crippen LogP contribution in [0.3, 0.4) is 0 Å². The minimum Gasteiger partial charge on any atom is -0.455 e. The van der Waals surface area contributed by atoms with E-state index in [4.69, 9.17) is 9.47 Å². The molecule has 1 aliphatic rings. The molecule has 6 heteroatoms. The number of aliphatic hydroxyl groups excluding tert-OH is 2. The molecule has 20 heavy (non-hydrogen) atoms. The van der Waals surface area contributed by atoms with Crippen LogP contribution >= 0.6 is 0 Å². The average Bonchev–Trinajstić information content (AvgIpc) is 2.39. The Morgan fingerprint density at radius 1 is 0.900 bits per heavy atom. The number of aliphatic hydroxyl groups is 2. The Kier molecular flexibility index (Phi) is 4.06. The maximum atomic E-state index is 11.1. The standard InChI is InChI=1S/C14H16O6/c1-7(15)19-13-9-5-3-4-6-10(9)14(20-8(2)16)12(18)11(13)17/h3-6,11-14,17-18H,1-2H3/t11-,12-,13-,14-/m0/s1. The van der Waals surface area contributed by atoms with Crippen LogP contribution in [0.25, 0.3) is 0 Å². The maximum absolute atomic E-state index is 11.1. The molecular weight excluding hydrogens is 264 g/mol. The molecule has 6 nitrogen and oxygen atoms in total. The first-order chi connectivity index (χ1) is 9.41. The van der Waals surface area contributed by atoms with Crippen LogP contribution in [0.2, 0.25) is 0 Å². The second-order valence-electron chi connectivity index (χ2n) is 4.67. The summed E-state index contributed by atoms with van der Waals surface area (Å²) >= 11 is 0. The average molecular weight is 280 g/mol. The number of rotatable bonds is 2. The Labute approximate surface area is 115 Å². The molecule has 2 N–H and O–H groups in total. The number of carbonyl (C=O) groups is 2. The molecule has 0 amide bonds. The Morgan fingerprint density at radius 3 is 1.55 bits per heavy atom. The highest BCUT2D eigenvalue weighted by atomic mass is 16.6.